The molecule has 0 aromatic heterocycles. The van der Waals surface area contributed by atoms with Crippen LogP contribution in [0.1, 0.15) is 67.2 Å². The first-order chi connectivity index (χ1) is 7.34. The topological polar surface area (TPSA) is 26.3 Å². The van der Waals surface area contributed by atoms with Crippen molar-refractivity contribution in [2.75, 3.05) is 0 Å². The summed E-state index contributed by atoms with van der Waals surface area (Å²) in [7, 11) is 0. The summed E-state index contributed by atoms with van der Waals surface area (Å²) in [5.41, 5.74) is 0.311. The summed E-state index contributed by atoms with van der Waals surface area (Å²) in [6.45, 7) is 12.5. The summed E-state index contributed by atoms with van der Waals surface area (Å²) >= 11 is 0. The Morgan fingerprint density at radius 1 is 1.25 bits per heavy atom. The summed E-state index contributed by atoms with van der Waals surface area (Å²) in [6, 6.07) is 0. The van der Waals surface area contributed by atoms with E-state index >= 15 is 0 Å². The fourth-order valence-corrected chi connectivity index (χ4v) is 2.10. The van der Waals surface area contributed by atoms with Crippen molar-refractivity contribution < 1.29 is 9.53 Å². The van der Waals surface area contributed by atoms with E-state index in [2.05, 4.69) is 20.8 Å². The molecule has 0 bridgehead atoms. The molecule has 0 heterocycles. The van der Waals surface area contributed by atoms with Gasteiger partial charge in [0.2, 0.25) is 0 Å². The molecular formula is C14H28O2. The van der Waals surface area contributed by atoms with E-state index < -0.39 is 0 Å². The molecule has 0 saturated heterocycles. The maximum absolute atomic E-state index is 11.5. The molecule has 2 nitrogen and oxygen atoms in total. The number of carbonyl (C=O) groups is 1. The van der Waals surface area contributed by atoms with E-state index in [0.29, 0.717) is 5.41 Å². The molecule has 0 aromatic rings. The second kappa shape index (κ2) is 6.93. The van der Waals surface area contributed by atoms with Crippen molar-refractivity contribution in [3.05, 3.63) is 0 Å². The van der Waals surface area contributed by atoms with Gasteiger partial charge in [0.1, 0.15) is 0 Å². The van der Waals surface area contributed by atoms with Crippen molar-refractivity contribution in [2.45, 2.75) is 73.3 Å². The molecule has 0 rings (SSSR count). The predicted octanol–water partition coefficient (Wildman–Crippen LogP) is 4.18. The van der Waals surface area contributed by atoms with Gasteiger partial charge in [-0.25, -0.2) is 0 Å². The first-order valence-corrected chi connectivity index (χ1v) is 6.55. The van der Waals surface area contributed by atoms with Crippen molar-refractivity contribution in [2.24, 2.45) is 11.3 Å². The first kappa shape index (κ1) is 15.5. The van der Waals surface area contributed by atoms with Gasteiger partial charge in [-0.15, -0.1) is 0 Å². The summed E-state index contributed by atoms with van der Waals surface area (Å²) in [5, 5.41) is 0. The Kier molecular flexibility index (Phi) is 6.70. The highest BCUT2D eigenvalue weighted by molar-refractivity contribution is 5.71. The quantitative estimate of drug-likeness (QED) is 0.611. The second-order valence-corrected chi connectivity index (χ2v) is 5.52. The predicted molar refractivity (Wildman–Crippen MR) is 68.3 cm³/mol. The maximum Gasteiger partial charge on any atom is 0.308 e. The van der Waals surface area contributed by atoms with Gasteiger partial charge in [0.05, 0.1) is 12.0 Å². The highest BCUT2D eigenvalue weighted by Crippen LogP contribution is 2.33. The minimum Gasteiger partial charge on any atom is -0.462 e. The average molecular weight is 228 g/mol. The van der Waals surface area contributed by atoms with Crippen molar-refractivity contribution in [1.82, 2.24) is 0 Å². The molecule has 0 fully saturated rings. The van der Waals surface area contributed by atoms with Crippen molar-refractivity contribution in [3.63, 3.8) is 0 Å². The maximum atomic E-state index is 11.5. The highest BCUT2D eigenvalue weighted by Gasteiger charge is 2.25. The van der Waals surface area contributed by atoms with Crippen LogP contribution in [0.15, 0.2) is 0 Å². The van der Waals surface area contributed by atoms with E-state index in [-0.39, 0.29) is 18.0 Å². The molecule has 96 valence electrons. The Morgan fingerprint density at radius 3 is 2.19 bits per heavy atom. The summed E-state index contributed by atoms with van der Waals surface area (Å²) in [4.78, 5) is 11.5. The Hall–Kier alpha value is -0.530. The van der Waals surface area contributed by atoms with Crippen molar-refractivity contribution in [3.8, 4) is 0 Å². The van der Waals surface area contributed by atoms with Gasteiger partial charge in [0.15, 0.2) is 0 Å². The van der Waals surface area contributed by atoms with Crippen molar-refractivity contribution >= 4 is 5.97 Å². The van der Waals surface area contributed by atoms with E-state index in [1.54, 1.807) is 0 Å². The molecule has 0 amide bonds. The van der Waals surface area contributed by atoms with Gasteiger partial charge >= 0.3 is 5.97 Å². The molecule has 0 aliphatic rings. The van der Waals surface area contributed by atoms with E-state index in [1.165, 1.54) is 12.8 Å². The number of carbonyl (C=O) groups excluding carboxylic acids is 1. The lowest BCUT2D eigenvalue weighted by Crippen LogP contribution is -2.26. The van der Waals surface area contributed by atoms with E-state index in [9.17, 15) is 4.79 Å². The zero-order valence-corrected chi connectivity index (χ0v) is 11.8. The van der Waals surface area contributed by atoms with Crippen molar-refractivity contribution in [1.29, 1.82) is 0 Å². The third-order valence-corrected chi connectivity index (χ3v) is 3.28. The van der Waals surface area contributed by atoms with Gasteiger partial charge in [0.25, 0.3) is 0 Å². The molecule has 0 radical (unpaired) electrons. The normalized spacial score (nSPS) is 16.9. The fraction of sp³-hybridized carbons (Fsp3) is 0.929. The number of hydrogen-bond acceptors (Lipinski definition) is 2. The second-order valence-electron chi connectivity index (χ2n) is 5.52. The van der Waals surface area contributed by atoms with Crippen LogP contribution in [0.4, 0.5) is 0 Å². The molecular weight excluding hydrogens is 200 g/mol. The van der Waals surface area contributed by atoms with E-state index in [0.717, 1.165) is 12.8 Å². The van der Waals surface area contributed by atoms with Gasteiger partial charge in [-0.05, 0) is 25.2 Å². The van der Waals surface area contributed by atoms with Gasteiger partial charge in [-0.3, -0.25) is 4.79 Å². The zero-order chi connectivity index (χ0) is 12.8. The standard InChI is InChI=1S/C14H28O2/c1-7-9-14(6,8-2)10-12(5)16-13(15)11(3)4/h11-12H,7-10H2,1-6H3. The summed E-state index contributed by atoms with van der Waals surface area (Å²) < 4.78 is 5.42. The van der Waals surface area contributed by atoms with Crippen LogP contribution in [-0.4, -0.2) is 12.1 Å². The summed E-state index contributed by atoms with van der Waals surface area (Å²) in [6.07, 6.45) is 4.54. The van der Waals surface area contributed by atoms with Gasteiger partial charge in [-0.1, -0.05) is 47.5 Å². The SMILES string of the molecule is CCCC(C)(CC)CC(C)OC(=O)C(C)C. The molecule has 0 aromatic carbocycles. The first-order valence-electron chi connectivity index (χ1n) is 6.55. The lowest BCUT2D eigenvalue weighted by Gasteiger charge is -2.31. The van der Waals surface area contributed by atoms with Gasteiger partial charge in [0, 0.05) is 0 Å². The molecule has 0 aliphatic heterocycles. The third kappa shape index (κ3) is 5.53. The molecule has 2 atom stereocenters. The minimum atomic E-state index is -0.0811. The zero-order valence-electron chi connectivity index (χ0n) is 11.8. The third-order valence-electron chi connectivity index (χ3n) is 3.28. The van der Waals surface area contributed by atoms with Gasteiger partial charge in [-0.2, -0.15) is 0 Å². The van der Waals surface area contributed by atoms with Crippen LogP contribution in [0.2, 0.25) is 0 Å². The fourth-order valence-electron chi connectivity index (χ4n) is 2.10. The molecule has 2 heteroatoms. The Bertz CT molecular complexity index is 211. The van der Waals surface area contributed by atoms with Crippen LogP contribution >= 0.6 is 0 Å². The van der Waals surface area contributed by atoms with Gasteiger partial charge < -0.3 is 4.74 Å². The Morgan fingerprint density at radius 2 is 1.81 bits per heavy atom. The number of hydrogen-bond donors (Lipinski definition) is 0. The summed E-state index contributed by atoms with van der Waals surface area (Å²) in [5.74, 6) is -0.107. The van der Waals surface area contributed by atoms with Crippen LogP contribution in [0, 0.1) is 11.3 Å². The number of ether oxygens (including phenoxy) is 1. The Labute approximate surface area is 101 Å². The lowest BCUT2D eigenvalue weighted by molar-refractivity contribution is -0.153. The molecule has 2 unspecified atom stereocenters. The van der Waals surface area contributed by atoms with Crippen LogP contribution in [0.5, 0.6) is 0 Å². The average Bonchev–Trinajstić information content (AvgIpc) is 2.17. The van der Waals surface area contributed by atoms with Crippen LogP contribution in [-0.2, 0) is 9.53 Å². The van der Waals surface area contributed by atoms with Crippen LogP contribution in [0.3, 0.4) is 0 Å². The number of esters is 1. The smallest absolute Gasteiger partial charge is 0.308 e. The molecule has 0 saturated carbocycles. The van der Waals surface area contributed by atoms with Crippen LogP contribution < -0.4 is 0 Å². The molecule has 0 spiro atoms. The van der Waals surface area contributed by atoms with Crippen LogP contribution in [0.25, 0.3) is 0 Å². The number of rotatable bonds is 7. The molecule has 0 N–H and O–H groups in total. The molecule has 16 heavy (non-hydrogen) atoms. The lowest BCUT2D eigenvalue weighted by atomic mass is 9.78. The van der Waals surface area contributed by atoms with E-state index in [1.807, 2.05) is 20.8 Å². The van der Waals surface area contributed by atoms with E-state index in [4.69, 9.17) is 4.74 Å². The monoisotopic (exact) mass is 228 g/mol. The molecule has 0 aliphatic carbocycles. The minimum absolute atomic E-state index is 0.0264. The largest absolute Gasteiger partial charge is 0.462 e. The highest BCUT2D eigenvalue weighted by atomic mass is 16.5. The Balaban J connectivity index is 4.20.